The highest BCUT2D eigenvalue weighted by Gasteiger charge is 2.07. The average molecular weight is 262 g/mol. The van der Waals surface area contributed by atoms with E-state index in [1.165, 1.54) is 0 Å². The standard InChI is InChI=1S/C15H12F2O2/c16-12-6-11(7-13(17)9-12)8-14(18)10-19-15-4-2-1-3-5-15/h1-7,9H,8,10H2. The Kier molecular flexibility index (Phi) is 4.23. The fraction of sp³-hybridized carbons (Fsp3) is 0.133. The Morgan fingerprint density at radius 1 is 1.00 bits per heavy atom. The zero-order valence-electron chi connectivity index (χ0n) is 10.1. The summed E-state index contributed by atoms with van der Waals surface area (Å²) in [5.74, 6) is -1.03. The molecule has 0 N–H and O–H groups in total. The third kappa shape index (κ3) is 4.17. The van der Waals surface area contributed by atoms with Crippen molar-refractivity contribution in [2.45, 2.75) is 6.42 Å². The quantitative estimate of drug-likeness (QED) is 0.827. The lowest BCUT2D eigenvalue weighted by Gasteiger charge is -2.05. The molecule has 0 aliphatic carbocycles. The molecule has 0 heterocycles. The minimum atomic E-state index is -0.688. The van der Waals surface area contributed by atoms with Gasteiger partial charge in [0.05, 0.1) is 0 Å². The van der Waals surface area contributed by atoms with Crippen LogP contribution in [0.2, 0.25) is 0 Å². The van der Waals surface area contributed by atoms with Crippen molar-refractivity contribution in [1.29, 1.82) is 0 Å². The van der Waals surface area contributed by atoms with Crippen LogP contribution < -0.4 is 4.74 Å². The van der Waals surface area contributed by atoms with E-state index in [1.807, 2.05) is 6.07 Å². The van der Waals surface area contributed by atoms with Crippen molar-refractivity contribution in [3.8, 4) is 5.75 Å². The number of rotatable bonds is 5. The molecule has 0 amide bonds. The smallest absolute Gasteiger partial charge is 0.174 e. The molecule has 0 aliphatic rings. The van der Waals surface area contributed by atoms with Gasteiger partial charge in [0.2, 0.25) is 0 Å². The van der Waals surface area contributed by atoms with Crippen LogP contribution in [0.15, 0.2) is 48.5 Å². The Labute approximate surface area is 109 Å². The number of carbonyl (C=O) groups excluding carboxylic acids is 1. The molecule has 0 saturated carbocycles. The molecule has 2 nitrogen and oxygen atoms in total. The van der Waals surface area contributed by atoms with Crippen LogP contribution in [0.25, 0.3) is 0 Å². The van der Waals surface area contributed by atoms with Gasteiger partial charge in [-0.15, -0.1) is 0 Å². The normalized spacial score (nSPS) is 10.2. The van der Waals surface area contributed by atoms with Gasteiger partial charge in [-0.2, -0.15) is 0 Å². The van der Waals surface area contributed by atoms with Crippen LogP contribution in [0.5, 0.6) is 5.75 Å². The fourth-order valence-electron chi connectivity index (χ4n) is 1.67. The number of carbonyl (C=O) groups is 1. The molecule has 4 heteroatoms. The van der Waals surface area contributed by atoms with E-state index in [0.29, 0.717) is 11.3 Å². The number of ketones is 1. The molecular formula is C15H12F2O2. The van der Waals surface area contributed by atoms with Gasteiger partial charge in [0.1, 0.15) is 24.0 Å². The van der Waals surface area contributed by atoms with Crippen LogP contribution in [0.3, 0.4) is 0 Å². The Morgan fingerprint density at radius 3 is 2.26 bits per heavy atom. The second-order valence-electron chi connectivity index (χ2n) is 4.09. The van der Waals surface area contributed by atoms with Gasteiger partial charge in [0, 0.05) is 12.5 Å². The number of ether oxygens (including phenoxy) is 1. The summed E-state index contributed by atoms with van der Waals surface area (Å²) in [4.78, 5) is 11.6. The Morgan fingerprint density at radius 2 is 1.63 bits per heavy atom. The summed E-state index contributed by atoms with van der Waals surface area (Å²) in [6.07, 6.45) is -0.0541. The van der Waals surface area contributed by atoms with Gasteiger partial charge >= 0.3 is 0 Å². The molecule has 0 atom stereocenters. The van der Waals surface area contributed by atoms with Gasteiger partial charge < -0.3 is 4.74 Å². The number of halogens is 2. The van der Waals surface area contributed by atoms with Gasteiger partial charge in [-0.1, -0.05) is 18.2 Å². The van der Waals surface area contributed by atoms with Gasteiger partial charge in [-0.25, -0.2) is 8.78 Å². The highest BCUT2D eigenvalue weighted by molar-refractivity contribution is 5.82. The molecule has 0 unspecified atom stereocenters. The van der Waals surface area contributed by atoms with E-state index in [2.05, 4.69) is 0 Å². The van der Waals surface area contributed by atoms with Crippen molar-refractivity contribution in [3.05, 3.63) is 65.7 Å². The Bertz CT molecular complexity index is 547. The van der Waals surface area contributed by atoms with Gasteiger partial charge in [0.25, 0.3) is 0 Å². The molecule has 0 saturated heterocycles. The summed E-state index contributed by atoms with van der Waals surface area (Å²) < 4.78 is 31.2. The molecule has 0 fully saturated rings. The highest BCUT2D eigenvalue weighted by Crippen LogP contribution is 2.11. The van der Waals surface area contributed by atoms with Crippen molar-refractivity contribution < 1.29 is 18.3 Å². The lowest BCUT2D eigenvalue weighted by molar-refractivity contribution is -0.120. The summed E-state index contributed by atoms with van der Waals surface area (Å²) in [6.45, 7) is -0.123. The molecule has 2 aromatic rings. The van der Waals surface area contributed by atoms with Crippen LogP contribution in [0.1, 0.15) is 5.56 Å². The van der Waals surface area contributed by atoms with Crippen LogP contribution in [-0.4, -0.2) is 12.4 Å². The van der Waals surface area contributed by atoms with Crippen molar-refractivity contribution in [2.24, 2.45) is 0 Å². The van der Waals surface area contributed by atoms with Crippen LogP contribution >= 0.6 is 0 Å². The van der Waals surface area contributed by atoms with E-state index in [0.717, 1.165) is 18.2 Å². The number of hydrogen-bond donors (Lipinski definition) is 0. The molecule has 19 heavy (non-hydrogen) atoms. The minimum Gasteiger partial charge on any atom is -0.486 e. The third-order valence-electron chi connectivity index (χ3n) is 2.47. The first-order valence-electron chi connectivity index (χ1n) is 5.78. The molecular weight excluding hydrogens is 250 g/mol. The van der Waals surface area contributed by atoms with Crippen molar-refractivity contribution >= 4 is 5.78 Å². The lowest BCUT2D eigenvalue weighted by Crippen LogP contribution is -2.14. The van der Waals surface area contributed by atoms with Gasteiger partial charge in [0.15, 0.2) is 5.78 Å². The van der Waals surface area contributed by atoms with Crippen LogP contribution in [-0.2, 0) is 11.2 Å². The molecule has 0 aromatic heterocycles. The van der Waals surface area contributed by atoms with Crippen LogP contribution in [0, 0.1) is 11.6 Å². The fourth-order valence-corrected chi connectivity index (χ4v) is 1.67. The first kappa shape index (κ1) is 13.2. The zero-order valence-corrected chi connectivity index (χ0v) is 10.1. The summed E-state index contributed by atoms with van der Waals surface area (Å²) >= 11 is 0. The van der Waals surface area contributed by atoms with Crippen molar-refractivity contribution in [3.63, 3.8) is 0 Å². The molecule has 2 aromatic carbocycles. The summed E-state index contributed by atoms with van der Waals surface area (Å²) in [6, 6.07) is 11.9. The monoisotopic (exact) mass is 262 g/mol. The van der Waals surface area contributed by atoms with E-state index in [-0.39, 0.29) is 18.8 Å². The second kappa shape index (κ2) is 6.09. The molecule has 2 rings (SSSR count). The molecule has 0 bridgehead atoms. The van der Waals surface area contributed by atoms with Gasteiger partial charge in [-0.3, -0.25) is 4.79 Å². The summed E-state index contributed by atoms with van der Waals surface area (Å²) in [5, 5.41) is 0. The first-order chi connectivity index (χ1) is 9.13. The number of Topliss-reactive ketones (excluding diaryl/α,β-unsaturated/α-hetero) is 1. The summed E-state index contributed by atoms with van der Waals surface area (Å²) in [5.41, 5.74) is 0.305. The largest absolute Gasteiger partial charge is 0.486 e. The Balaban J connectivity index is 1.91. The molecule has 0 spiro atoms. The predicted molar refractivity (Wildman–Crippen MR) is 67.0 cm³/mol. The van der Waals surface area contributed by atoms with Gasteiger partial charge in [-0.05, 0) is 29.8 Å². The number of hydrogen-bond acceptors (Lipinski definition) is 2. The third-order valence-corrected chi connectivity index (χ3v) is 2.47. The maximum absolute atomic E-state index is 12.9. The minimum absolute atomic E-state index is 0.0541. The zero-order chi connectivity index (χ0) is 13.7. The maximum Gasteiger partial charge on any atom is 0.174 e. The van der Waals surface area contributed by atoms with Crippen molar-refractivity contribution in [2.75, 3.05) is 6.61 Å². The SMILES string of the molecule is O=C(COc1ccccc1)Cc1cc(F)cc(F)c1. The lowest BCUT2D eigenvalue weighted by atomic mass is 10.1. The number of benzene rings is 2. The topological polar surface area (TPSA) is 26.3 Å². The molecule has 98 valence electrons. The maximum atomic E-state index is 12.9. The Hall–Kier alpha value is -2.23. The van der Waals surface area contributed by atoms with E-state index in [1.54, 1.807) is 24.3 Å². The summed E-state index contributed by atoms with van der Waals surface area (Å²) in [7, 11) is 0. The van der Waals surface area contributed by atoms with E-state index in [4.69, 9.17) is 4.74 Å². The second-order valence-corrected chi connectivity index (χ2v) is 4.09. The average Bonchev–Trinajstić information content (AvgIpc) is 2.36. The van der Waals surface area contributed by atoms with Crippen molar-refractivity contribution in [1.82, 2.24) is 0 Å². The number of para-hydroxylation sites is 1. The van der Waals surface area contributed by atoms with E-state index >= 15 is 0 Å². The molecule has 0 aliphatic heterocycles. The highest BCUT2D eigenvalue weighted by atomic mass is 19.1. The van der Waals surface area contributed by atoms with E-state index in [9.17, 15) is 13.6 Å². The molecule has 0 radical (unpaired) electrons. The predicted octanol–water partition coefficient (Wildman–Crippen LogP) is 3.16. The first-order valence-corrected chi connectivity index (χ1v) is 5.78. The van der Waals surface area contributed by atoms with E-state index < -0.39 is 11.6 Å². The van der Waals surface area contributed by atoms with Crippen LogP contribution in [0.4, 0.5) is 8.78 Å².